The Hall–Kier alpha value is -1.52. The lowest BCUT2D eigenvalue weighted by molar-refractivity contribution is 0.401. The van der Waals surface area contributed by atoms with Crippen LogP contribution in [0.3, 0.4) is 0 Å². The standard InChI is InChI=1S/C17H26N2O2/c1-4-15(19-12-17-8-6-14(3)21-17)9-10-18-11-16-7-5-13(2)20-16/h5-8,15,18-19H,4,9-12H2,1-3H3/t15-/m1/s1. The van der Waals surface area contributed by atoms with Crippen molar-refractivity contribution in [1.29, 1.82) is 0 Å². The van der Waals surface area contributed by atoms with Gasteiger partial charge >= 0.3 is 0 Å². The monoisotopic (exact) mass is 290 g/mol. The Morgan fingerprint density at radius 1 is 0.952 bits per heavy atom. The Bertz CT molecular complexity index is 530. The van der Waals surface area contributed by atoms with Crippen molar-refractivity contribution in [2.45, 2.75) is 52.7 Å². The van der Waals surface area contributed by atoms with Crippen LogP contribution >= 0.6 is 0 Å². The lowest BCUT2D eigenvalue weighted by Crippen LogP contribution is -2.31. The Morgan fingerprint density at radius 3 is 2.10 bits per heavy atom. The van der Waals surface area contributed by atoms with Crippen molar-refractivity contribution in [3.05, 3.63) is 47.3 Å². The third-order valence-electron chi connectivity index (χ3n) is 3.62. The first-order valence-electron chi connectivity index (χ1n) is 7.72. The van der Waals surface area contributed by atoms with Crippen LogP contribution < -0.4 is 10.6 Å². The van der Waals surface area contributed by atoms with Gasteiger partial charge in [-0.15, -0.1) is 0 Å². The van der Waals surface area contributed by atoms with Crippen molar-refractivity contribution in [2.75, 3.05) is 6.54 Å². The summed E-state index contributed by atoms with van der Waals surface area (Å²) in [5.74, 6) is 3.94. The molecule has 0 aliphatic rings. The normalized spacial score (nSPS) is 12.7. The van der Waals surface area contributed by atoms with E-state index in [1.807, 2.05) is 38.1 Å². The van der Waals surface area contributed by atoms with Gasteiger partial charge in [0.05, 0.1) is 13.1 Å². The summed E-state index contributed by atoms with van der Waals surface area (Å²) in [6.07, 6.45) is 2.21. The van der Waals surface area contributed by atoms with E-state index in [4.69, 9.17) is 8.83 Å². The Balaban J connectivity index is 1.63. The van der Waals surface area contributed by atoms with Crippen molar-refractivity contribution in [1.82, 2.24) is 10.6 Å². The molecule has 0 radical (unpaired) electrons. The third kappa shape index (κ3) is 5.40. The molecule has 1 atom stereocenters. The molecule has 0 fully saturated rings. The zero-order chi connectivity index (χ0) is 15.1. The lowest BCUT2D eigenvalue weighted by Gasteiger charge is -2.16. The maximum atomic E-state index is 5.57. The second kappa shape index (κ2) is 8.05. The molecule has 0 spiro atoms. The molecule has 0 aliphatic heterocycles. The van der Waals surface area contributed by atoms with Crippen molar-refractivity contribution in [2.24, 2.45) is 0 Å². The third-order valence-corrected chi connectivity index (χ3v) is 3.62. The van der Waals surface area contributed by atoms with E-state index >= 15 is 0 Å². The SMILES string of the molecule is CC[C@H](CCNCc1ccc(C)o1)NCc1ccc(C)o1. The smallest absolute Gasteiger partial charge is 0.117 e. The Kier molecular flexibility index (Phi) is 6.08. The van der Waals surface area contributed by atoms with Gasteiger partial charge in [-0.05, 0) is 57.5 Å². The van der Waals surface area contributed by atoms with Gasteiger partial charge in [-0.1, -0.05) is 6.92 Å². The Labute approximate surface area is 126 Å². The van der Waals surface area contributed by atoms with Crippen molar-refractivity contribution >= 4 is 0 Å². The average Bonchev–Trinajstić information content (AvgIpc) is 3.07. The minimum Gasteiger partial charge on any atom is -0.465 e. The topological polar surface area (TPSA) is 50.3 Å². The van der Waals surface area contributed by atoms with E-state index in [9.17, 15) is 0 Å². The predicted octanol–water partition coefficient (Wildman–Crippen LogP) is 3.54. The number of furan rings is 2. The molecule has 0 bridgehead atoms. The molecule has 0 amide bonds. The first-order chi connectivity index (χ1) is 10.2. The maximum Gasteiger partial charge on any atom is 0.117 e. The Morgan fingerprint density at radius 2 is 1.57 bits per heavy atom. The summed E-state index contributed by atoms with van der Waals surface area (Å²) in [5, 5.41) is 6.97. The summed E-state index contributed by atoms with van der Waals surface area (Å²) in [5.41, 5.74) is 0. The molecule has 0 saturated heterocycles. The summed E-state index contributed by atoms with van der Waals surface area (Å²) in [7, 11) is 0. The number of hydrogen-bond acceptors (Lipinski definition) is 4. The fourth-order valence-corrected chi connectivity index (χ4v) is 2.34. The van der Waals surface area contributed by atoms with Gasteiger partial charge in [-0.2, -0.15) is 0 Å². The quantitative estimate of drug-likeness (QED) is 0.694. The molecule has 0 aliphatic carbocycles. The highest BCUT2D eigenvalue weighted by Gasteiger charge is 2.07. The van der Waals surface area contributed by atoms with E-state index in [1.165, 1.54) is 0 Å². The summed E-state index contributed by atoms with van der Waals surface area (Å²) < 4.78 is 11.1. The highest BCUT2D eigenvalue weighted by Crippen LogP contribution is 2.08. The van der Waals surface area contributed by atoms with Gasteiger partial charge in [-0.3, -0.25) is 0 Å². The molecule has 4 heteroatoms. The van der Waals surface area contributed by atoms with E-state index in [0.717, 1.165) is 55.5 Å². The zero-order valence-electron chi connectivity index (χ0n) is 13.2. The summed E-state index contributed by atoms with van der Waals surface area (Å²) in [4.78, 5) is 0. The second-order valence-electron chi connectivity index (χ2n) is 5.48. The van der Waals surface area contributed by atoms with Crippen LogP contribution in [-0.2, 0) is 13.1 Å². The second-order valence-corrected chi connectivity index (χ2v) is 5.48. The van der Waals surface area contributed by atoms with E-state index in [0.29, 0.717) is 6.04 Å². The molecule has 0 aromatic carbocycles. The van der Waals surface area contributed by atoms with Gasteiger partial charge in [0.15, 0.2) is 0 Å². The van der Waals surface area contributed by atoms with Crippen LogP contribution in [-0.4, -0.2) is 12.6 Å². The van der Waals surface area contributed by atoms with Crippen molar-refractivity contribution in [3.63, 3.8) is 0 Å². The molecular weight excluding hydrogens is 264 g/mol. The fraction of sp³-hybridized carbons (Fsp3) is 0.529. The minimum absolute atomic E-state index is 0.501. The molecule has 2 aromatic heterocycles. The highest BCUT2D eigenvalue weighted by molar-refractivity contribution is 5.06. The lowest BCUT2D eigenvalue weighted by atomic mass is 10.1. The fourth-order valence-electron chi connectivity index (χ4n) is 2.34. The van der Waals surface area contributed by atoms with Crippen LogP contribution in [0.15, 0.2) is 33.1 Å². The molecule has 4 nitrogen and oxygen atoms in total. The van der Waals surface area contributed by atoms with Crippen LogP contribution in [0.2, 0.25) is 0 Å². The summed E-state index contributed by atoms with van der Waals surface area (Å²) >= 11 is 0. The van der Waals surface area contributed by atoms with E-state index in [2.05, 4.69) is 17.6 Å². The van der Waals surface area contributed by atoms with E-state index in [-0.39, 0.29) is 0 Å². The number of nitrogens with one attached hydrogen (secondary N) is 2. The largest absolute Gasteiger partial charge is 0.465 e. The van der Waals surface area contributed by atoms with Crippen LogP contribution in [0.4, 0.5) is 0 Å². The molecule has 0 saturated carbocycles. The molecular formula is C17H26N2O2. The average molecular weight is 290 g/mol. The number of hydrogen-bond donors (Lipinski definition) is 2. The van der Waals surface area contributed by atoms with Crippen LogP contribution in [0, 0.1) is 13.8 Å². The molecule has 2 aromatic rings. The summed E-state index contributed by atoms with van der Waals surface area (Å²) in [6.45, 7) is 8.71. The zero-order valence-corrected chi connectivity index (χ0v) is 13.2. The molecule has 2 heterocycles. The first-order valence-corrected chi connectivity index (χ1v) is 7.72. The molecule has 116 valence electrons. The maximum absolute atomic E-state index is 5.57. The van der Waals surface area contributed by atoms with Gasteiger partial charge < -0.3 is 19.5 Å². The molecule has 21 heavy (non-hydrogen) atoms. The molecule has 2 N–H and O–H groups in total. The minimum atomic E-state index is 0.501. The number of aryl methyl sites for hydroxylation is 2. The first kappa shape index (κ1) is 15.9. The van der Waals surface area contributed by atoms with Gasteiger partial charge in [0.1, 0.15) is 23.0 Å². The summed E-state index contributed by atoms with van der Waals surface area (Å²) in [6, 6.07) is 8.56. The van der Waals surface area contributed by atoms with Gasteiger partial charge in [-0.25, -0.2) is 0 Å². The van der Waals surface area contributed by atoms with Gasteiger partial charge in [0.25, 0.3) is 0 Å². The van der Waals surface area contributed by atoms with Crippen molar-refractivity contribution in [3.8, 4) is 0 Å². The van der Waals surface area contributed by atoms with E-state index < -0.39 is 0 Å². The van der Waals surface area contributed by atoms with Crippen molar-refractivity contribution < 1.29 is 8.83 Å². The van der Waals surface area contributed by atoms with Gasteiger partial charge in [0, 0.05) is 6.04 Å². The predicted molar refractivity (Wildman–Crippen MR) is 84.1 cm³/mol. The van der Waals surface area contributed by atoms with Crippen LogP contribution in [0.5, 0.6) is 0 Å². The van der Waals surface area contributed by atoms with Crippen LogP contribution in [0.1, 0.15) is 42.8 Å². The number of rotatable bonds is 9. The van der Waals surface area contributed by atoms with E-state index in [1.54, 1.807) is 0 Å². The van der Waals surface area contributed by atoms with Crippen LogP contribution in [0.25, 0.3) is 0 Å². The van der Waals surface area contributed by atoms with Gasteiger partial charge in [0.2, 0.25) is 0 Å². The molecule has 2 rings (SSSR count). The highest BCUT2D eigenvalue weighted by atomic mass is 16.3. The molecule has 0 unspecified atom stereocenters.